The lowest BCUT2D eigenvalue weighted by molar-refractivity contribution is 0.213. The van der Waals surface area contributed by atoms with Gasteiger partial charge in [-0.05, 0) is 50.1 Å². The second kappa shape index (κ2) is 10.0. The van der Waals surface area contributed by atoms with Crippen molar-refractivity contribution in [2.24, 2.45) is 0 Å². The summed E-state index contributed by atoms with van der Waals surface area (Å²) in [5.41, 5.74) is -1.07. The third-order valence-electron chi connectivity index (χ3n) is 5.00. The van der Waals surface area contributed by atoms with Gasteiger partial charge in [0.15, 0.2) is 17.3 Å². The number of hydrogen-bond donors (Lipinski definition) is 1. The molecule has 0 spiro atoms. The molecule has 4 rings (SSSR count). The lowest BCUT2D eigenvalue weighted by Gasteiger charge is -2.19. The molecule has 1 aromatic carbocycles. The maximum Gasteiger partial charge on any atom is 0.239 e. The van der Waals surface area contributed by atoms with E-state index >= 15 is 4.39 Å². The molecule has 12 heteroatoms. The molecule has 4 aromatic rings. The standard InChI is InChI=1S/C23H22FN7O3S/c1-14-8-9-18(34-14)20-28-29-22(31(20)19-16(32-3)6-5-7-17(19)33-4)30-35-13-23(2,24)21-26-11-15(10-25)12-27-21/h5-9,11-12H,13H2,1-4H3,(H,29,30). The average molecular weight is 496 g/mol. The number of halogens is 1. The number of nitrogens with zero attached hydrogens (tertiary/aromatic N) is 6. The summed E-state index contributed by atoms with van der Waals surface area (Å²) in [5, 5.41) is 17.5. The molecule has 0 aliphatic carbocycles. The van der Waals surface area contributed by atoms with Crippen molar-refractivity contribution in [2.75, 3.05) is 24.7 Å². The zero-order valence-electron chi connectivity index (χ0n) is 19.4. The maximum absolute atomic E-state index is 15.3. The number of furan rings is 1. The van der Waals surface area contributed by atoms with E-state index in [0.29, 0.717) is 40.5 Å². The van der Waals surface area contributed by atoms with Crippen molar-refractivity contribution in [1.82, 2.24) is 24.7 Å². The molecular weight excluding hydrogens is 473 g/mol. The second-order valence-electron chi connectivity index (χ2n) is 7.60. The zero-order valence-corrected chi connectivity index (χ0v) is 20.3. The molecule has 0 saturated heterocycles. The summed E-state index contributed by atoms with van der Waals surface area (Å²) >= 11 is 1.06. The Morgan fingerprint density at radius 1 is 1.14 bits per heavy atom. The number of nitriles is 1. The average Bonchev–Trinajstić information content (AvgIpc) is 3.49. The minimum atomic E-state index is -1.88. The summed E-state index contributed by atoms with van der Waals surface area (Å²) < 4.78 is 37.0. The van der Waals surface area contributed by atoms with E-state index in [-0.39, 0.29) is 17.1 Å². The fraction of sp³-hybridized carbons (Fsp3) is 0.261. The SMILES string of the molecule is COc1cccc(OC)c1-n1c(NSCC(C)(F)c2ncc(C#N)cn2)nnc1-c1ccc(C)o1. The van der Waals surface area contributed by atoms with Gasteiger partial charge in [-0.25, -0.2) is 14.4 Å². The van der Waals surface area contributed by atoms with Crippen LogP contribution >= 0.6 is 11.9 Å². The number of aryl methyl sites for hydroxylation is 1. The number of benzene rings is 1. The summed E-state index contributed by atoms with van der Waals surface area (Å²) in [7, 11) is 3.10. The fourth-order valence-electron chi connectivity index (χ4n) is 3.28. The van der Waals surface area contributed by atoms with Crippen molar-refractivity contribution in [3.8, 4) is 34.8 Å². The molecule has 1 N–H and O–H groups in total. The van der Waals surface area contributed by atoms with E-state index in [1.54, 1.807) is 43.1 Å². The molecular formula is C23H22FN7O3S. The third-order valence-corrected chi connectivity index (χ3v) is 6.02. The molecule has 10 nitrogen and oxygen atoms in total. The minimum absolute atomic E-state index is 0.0228. The molecule has 0 aliphatic rings. The summed E-state index contributed by atoms with van der Waals surface area (Å²) in [4.78, 5) is 7.95. The lowest BCUT2D eigenvalue weighted by atomic mass is 10.1. The van der Waals surface area contributed by atoms with Crippen molar-refractivity contribution in [3.05, 3.63) is 59.9 Å². The van der Waals surface area contributed by atoms with E-state index in [1.807, 2.05) is 19.1 Å². The molecule has 1 unspecified atom stereocenters. The van der Waals surface area contributed by atoms with Gasteiger partial charge in [0.05, 0.1) is 25.5 Å². The van der Waals surface area contributed by atoms with Gasteiger partial charge in [-0.2, -0.15) is 5.26 Å². The van der Waals surface area contributed by atoms with E-state index in [1.165, 1.54) is 19.3 Å². The van der Waals surface area contributed by atoms with Crippen molar-refractivity contribution < 1.29 is 18.3 Å². The third kappa shape index (κ3) is 4.90. The normalized spacial score (nSPS) is 12.6. The smallest absolute Gasteiger partial charge is 0.239 e. The number of nitrogens with one attached hydrogen (secondary N) is 1. The van der Waals surface area contributed by atoms with Crippen LogP contribution < -0.4 is 14.2 Å². The number of aromatic nitrogens is 5. The molecule has 35 heavy (non-hydrogen) atoms. The lowest BCUT2D eigenvalue weighted by Crippen LogP contribution is -2.23. The van der Waals surface area contributed by atoms with E-state index < -0.39 is 5.67 Å². The summed E-state index contributed by atoms with van der Waals surface area (Å²) in [5.74, 6) is 2.87. The van der Waals surface area contributed by atoms with Crippen LogP contribution in [0.15, 0.2) is 47.1 Å². The van der Waals surface area contributed by atoms with Gasteiger partial charge >= 0.3 is 0 Å². The predicted molar refractivity (Wildman–Crippen MR) is 128 cm³/mol. The quantitative estimate of drug-likeness (QED) is 0.333. The molecule has 0 aliphatic heterocycles. The second-order valence-corrected chi connectivity index (χ2v) is 8.38. The van der Waals surface area contributed by atoms with Crippen LogP contribution in [0.4, 0.5) is 10.3 Å². The number of para-hydroxylation sites is 1. The van der Waals surface area contributed by atoms with Crippen LogP contribution in [0, 0.1) is 18.3 Å². The molecule has 0 fully saturated rings. The first-order valence-electron chi connectivity index (χ1n) is 10.4. The summed E-state index contributed by atoms with van der Waals surface area (Å²) in [6.45, 7) is 3.20. The van der Waals surface area contributed by atoms with Crippen LogP contribution in [0.5, 0.6) is 11.5 Å². The van der Waals surface area contributed by atoms with E-state index in [4.69, 9.17) is 19.2 Å². The van der Waals surface area contributed by atoms with Gasteiger partial charge in [0.2, 0.25) is 11.8 Å². The Balaban J connectivity index is 1.67. The summed E-state index contributed by atoms with van der Waals surface area (Å²) in [6, 6.07) is 10.9. The first-order valence-corrected chi connectivity index (χ1v) is 11.4. The van der Waals surface area contributed by atoms with Gasteiger partial charge in [0.1, 0.15) is 29.0 Å². The first kappa shape index (κ1) is 24.0. The van der Waals surface area contributed by atoms with Crippen LogP contribution in [0.3, 0.4) is 0 Å². The Bertz CT molecular complexity index is 1340. The Morgan fingerprint density at radius 2 is 1.83 bits per heavy atom. The van der Waals surface area contributed by atoms with Crippen LogP contribution in [0.25, 0.3) is 17.3 Å². The van der Waals surface area contributed by atoms with Gasteiger partial charge in [-0.15, -0.1) is 10.2 Å². The highest BCUT2D eigenvalue weighted by Crippen LogP contribution is 2.38. The molecule has 0 bridgehead atoms. The topological polar surface area (TPSA) is 124 Å². The van der Waals surface area contributed by atoms with Crippen LogP contribution in [0.1, 0.15) is 24.1 Å². The molecule has 3 heterocycles. The van der Waals surface area contributed by atoms with E-state index in [2.05, 4.69) is 24.9 Å². The highest BCUT2D eigenvalue weighted by atomic mass is 32.2. The minimum Gasteiger partial charge on any atom is -0.494 e. The Hall–Kier alpha value is -4.11. The molecule has 3 aromatic heterocycles. The number of anilines is 1. The van der Waals surface area contributed by atoms with E-state index in [9.17, 15) is 0 Å². The van der Waals surface area contributed by atoms with Gasteiger partial charge in [0, 0.05) is 12.4 Å². The van der Waals surface area contributed by atoms with Crippen molar-refractivity contribution >= 4 is 17.9 Å². The molecule has 180 valence electrons. The van der Waals surface area contributed by atoms with E-state index in [0.717, 1.165) is 11.9 Å². The molecule has 0 radical (unpaired) electrons. The van der Waals surface area contributed by atoms with Gasteiger partial charge in [-0.3, -0.25) is 9.29 Å². The van der Waals surface area contributed by atoms with Gasteiger partial charge in [-0.1, -0.05) is 6.07 Å². The molecule has 0 saturated carbocycles. The number of ether oxygens (including phenoxy) is 2. The highest BCUT2D eigenvalue weighted by molar-refractivity contribution is 8.00. The van der Waals surface area contributed by atoms with Gasteiger partial charge < -0.3 is 13.9 Å². The van der Waals surface area contributed by atoms with Gasteiger partial charge in [0.25, 0.3) is 0 Å². The Morgan fingerprint density at radius 3 is 2.40 bits per heavy atom. The predicted octanol–water partition coefficient (Wildman–Crippen LogP) is 4.46. The number of rotatable bonds is 9. The molecule has 1 atom stereocenters. The van der Waals surface area contributed by atoms with Crippen molar-refractivity contribution in [3.63, 3.8) is 0 Å². The number of hydrogen-bond acceptors (Lipinski definition) is 10. The Kier molecular flexibility index (Phi) is 6.88. The highest BCUT2D eigenvalue weighted by Gasteiger charge is 2.30. The zero-order chi connectivity index (χ0) is 25.0. The van der Waals surface area contributed by atoms with Crippen molar-refractivity contribution in [1.29, 1.82) is 5.26 Å². The monoisotopic (exact) mass is 495 g/mol. The largest absolute Gasteiger partial charge is 0.494 e. The maximum atomic E-state index is 15.3. The first-order chi connectivity index (χ1) is 16.9. The Labute approximate surface area is 205 Å². The van der Waals surface area contributed by atoms with Crippen LogP contribution in [-0.4, -0.2) is 44.7 Å². The molecule has 0 amide bonds. The van der Waals surface area contributed by atoms with Crippen LogP contribution in [-0.2, 0) is 5.67 Å². The summed E-state index contributed by atoms with van der Waals surface area (Å²) in [6.07, 6.45) is 2.58. The number of alkyl halides is 1. The van der Waals surface area contributed by atoms with Crippen LogP contribution in [0.2, 0.25) is 0 Å². The number of methoxy groups -OCH3 is 2. The van der Waals surface area contributed by atoms with Crippen molar-refractivity contribution in [2.45, 2.75) is 19.5 Å². The fourth-order valence-corrected chi connectivity index (χ4v) is 4.02.